The summed E-state index contributed by atoms with van der Waals surface area (Å²) in [5.74, 6) is 0. The summed E-state index contributed by atoms with van der Waals surface area (Å²) in [6.45, 7) is 6.59. The van der Waals surface area contributed by atoms with Gasteiger partial charge in [-0.2, -0.15) is 0 Å². The van der Waals surface area contributed by atoms with E-state index in [0.717, 1.165) is 30.7 Å². The SMILES string of the molecule is CC[N+](Cc1ccccc1)(Cc1ccccc1)Cc1ccccc1. The molecule has 0 radical (unpaired) electrons. The van der Waals surface area contributed by atoms with Crippen LogP contribution in [0.3, 0.4) is 0 Å². The Balaban J connectivity index is 1.91. The van der Waals surface area contributed by atoms with Gasteiger partial charge in [-0.1, -0.05) is 91.0 Å². The zero-order valence-electron chi connectivity index (χ0n) is 14.4. The van der Waals surface area contributed by atoms with E-state index in [9.17, 15) is 0 Å². The van der Waals surface area contributed by atoms with Crippen LogP contribution >= 0.6 is 0 Å². The Bertz CT molecular complexity index is 618. The summed E-state index contributed by atoms with van der Waals surface area (Å²) in [7, 11) is 0. The molecule has 0 atom stereocenters. The van der Waals surface area contributed by atoms with Crippen LogP contribution in [-0.2, 0) is 19.6 Å². The molecule has 24 heavy (non-hydrogen) atoms. The highest BCUT2D eigenvalue weighted by atomic mass is 15.3. The topological polar surface area (TPSA) is 0 Å². The van der Waals surface area contributed by atoms with Gasteiger partial charge in [0.15, 0.2) is 0 Å². The van der Waals surface area contributed by atoms with E-state index in [4.69, 9.17) is 0 Å². The number of quaternary nitrogens is 1. The van der Waals surface area contributed by atoms with Crippen molar-refractivity contribution in [1.29, 1.82) is 0 Å². The Morgan fingerprint density at radius 3 is 1.04 bits per heavy atom. The molecule has 1 nitrogen and oxygen atoms in total. The molecule has 0 aliphatic rings. The summed E-state index contributed by atoms with van der Waals surface area (Å²) in [6.07, 6.45) is 0. The molecule has 3 rings (SSSR count). The van der Waals surface area contributed by atoms with Gasteiger partial charge in [0, 0.05) is 16.7 Å². The normalized spacial score (nSPS) is 11.4. The molecule has 0 heterocycles. The van der Waals surface area contributed by atoms with Gasteiger partial charge in [0.1, 0.15) is 19.6 Å². The standard InChI is InChI=1S/C23H26N/c1-2-24(18-21-12-6-3-7-13-21,19-22-14-8-4-9-15-22)20-23-16-10-5-11-17-23/h3-17H,2,18-20H2,1H3/q+1. The predicted octanol–water partition coefficient (Wildman–Crippen LogP) is 5.42. The van der Waals surface area contributed by atoms with Crippen molar-refractivity contribution in [3.8, 4) is 0 Å². The second kappa shape index (κ2) is 7.94. The highest BCUT2D eigenvalue weighted by Gasteiger charge is 2.26. The minimum Gasteiger partial charge on any atom is -0.313 e. The van der Waals surface area contributed by atoms with E-state index in [1.165, 1.54) is 16.7 Å². The van der Waals surface area contributed by atoms with Gasteiger partial charge in [-0.3, -0.25) is 0 Å². The first-order valence-electron chi connectivity index (χ1n) is 8.76. The maximum absolute atomic E-state index is 2.31. The van der Waals surface area contributed by atoms with Crippen LogP contribution in [0.5, 0.6) is 0 Å². The predicted molar refractivity (Wildman–Crippen MR) is 101 cm³/mol. The third-order valence-electron chi connectivity index (χ3n) is 4.75. The number of benzene rings is 3. The molecule has 0 aliphatic heterocycles. The van der Waals surface area contributed by atoms with Crippen molar-refractivity contribution in [1.82, 2.24) is 0 Å². The molecule has 0 aromatic heterocycles. The Morgan fingerprint density at radius 2 is 0.792 bits per heavy atom. The highest BCUT2D eigenvalue weighted by molar-refractivity contribution is 5.17. The molecule has 0 fully saturated rings. The molecule has 0 aliphatic carbocycles. The Morgan fingerprint density at radius 1 is 0.500 bits per heavy atom. The van der Waals surface area contributed by atoms with E-state index in [2.05, 4.69) is 97.9 Å². The van der Waals surface area contributed by atoms with E-state index in [1.807, 2.05) is 0 Å². The minimum absolute atomic E-state index is 1.04. The second-order valence-electron chi connectivity index (χ2n) is 6.59. The quantitative estimate of drug-likeness (QED) is 0.510. The van der Waals surface area contributed by atoms with E-state index in [1.54, 1.807) is 0 Å². The zero-order valence-corrected chi connectivity index (χ0v) is 14.4. The van der Waals surface area contributed by atoms with E-state index in [0.29, 0.717) is 0 Å². The third kappa shape index (κ3) is 4.33. The molecule has 0 unspecified atom stereocenters. The summed E-state index contributed by atoms with van der Waals surface area (Å²) in [5.41, 5.74) is 4.23. The Kier molecular flexibility index (Phi) is 5.45. The van der Waals surface area contributed by atoms with Crippen LogP contribution in [0, 0.1) is 0 Å². The summed E-state index contributed by atoms with van der Waals surface area (Å²) < 4.78 is 1.04. The average Bonchev–Trinajstić information content (AvgIpc) is 2.64. The van der Waals surface area contributed by atoms with Crippen molar-refractivity contribution in [3.63, 3.8) is 0 Å². The van der Waals surface area contributed by atoms with Gasteiger partial charge in [-0.25, -0.2) is 0 Å². The van der Waals surface area contributed by atoms with Crippen LogP contribution in [0.2, 0.25) is 0 Å². The molecule has 0 amide bonds. The van der Waals surface area contributed by atoms with E-state index >= 15 is 0 Å². The van der Waals surface area contributed by atoms with Gasteiger partial charge < -0.3 is 4.48 Å². The molecule has 0 spiro atoms. The second-order valence-corrected chi connectivity index (χ2v) is 6.59. The first-order valence-corrected chi connectivity index (χ1v) is 8.76. The van der Waals surface area contributed by atoms with Gasteiger partial charge >= 0.3 is 0 Å². The van der Waals surface area contributed by atoms with Crippen molar-refractivity contribution >= 4 is 0 Å². The fourth-order valence-corrected chi connectivity index (χ4v) is 3.42. The maximum atomic E-state index is 2.31. The summed E-state index contributed by atoms with van der Waals surface area (Å²) in [4.78, 5) is 0. The molecule has 0 N–H and O–H groups in total. The first kappa shape index (κ1) is 16.5. The molecular weight excluding hydrogens is 290 g/mol. The average molecular weight is 316 g/mol. The molecule has 0 saturated heterocycles. The molecule has 3 aromatic carbocycles. The van der Waals surface area contributed by atoms with Gasteiger partial charge in [0.25, 0.3) is 0 Å². The lowest BCUT2D eigenvalue weighted by Crippen LogP contribution is -2.45. The van der Waals surface area contributed by atoms with Crippen LogP contribution in [0.25, 0.3) is 0 Å². The molecule has 122 valence electrons. The lowest BCUT2D eigenvalue weighted by atomic mass is 10.1. The fraction of sp³-hybridized carbons (Fsp3) is 0.217. The Hall–Kier alpha value is -2.38. The summed E-state index contributed by atoms with van der Waals surface area (Å²) in [5, 5.41) is 0. The molecule has 3 aromatic rings. The van der Waals surface area contributed by atoms with Crippen LogP contribution < -0.4 is 0 Å². The summed E-state index contributed by atoms with van der Waals surface area (Å²) in [6, 6.07) is 32.6. The molecule has 1 heteroatoms. The van der Waals surface area contributed by atoms with Crippen molar-refractivity contribution in [2.45, 2.75) is 26.6 Å². The van der Waals surface area contributed by atoms with Crippen molar-refractivity contribution in [3.05, 3.63) is 108 Å². The smallest absolute Gasteiger partial charge is 0.105 e. The fourth-order valence-electron chi connectivity index (χ4n) is 3.42. The monoisotopic (exact) mass is 316 g/mol. The van der Waals surface area contributed by atoms with E-state index < -0.39 is 0 Å². The number of hydrogen-bond acceptors (Lipinski definition) is 0. The Labute approximate surface area is 145 Å². The maximum Gasteiger partial charge on any atom is 0.105 e. The van der Waals surface area contributed by atoms with Gasteiger partial charge in [0.2, 0.25) is 0 Å². The van der Waals surface area contributed by atoms with Crippen molar-refractivity contribution in [2.24, 2.45) is 0 Å². The van der Waals surface area contributed by atoms with Crippen LogP contribution in [0.15, 0.2) is 91.0 Å². The lowest BCUT2D eigenvalue weighted by molar-refractivity contribution is -0.964. The first-order chi connectivity index (χ1) is 11.8. The van der Waals surface area contributed by atoms with Crippen LogP contribution in [0.1, 0.15) is 23.6 Å². The van der Waals surface area contributed by atoms with E-state index in [-0.39, 0.29) is 0 Å². The van der Waals surface area contributed by atoms with Gasteiger partial charge in [0.05, 0.1) is 6.54 Å². The minimum atomic E-state index is 1.04. The molecular formula is C23H26N+. The van der Waals surface area contributed by atoms with Crippen molar-refractivity contribution < 1.29 is 4.48 Å². The van der Waals surface area contributed by atoms with Gasteiger partial charge in [-0.15, -0.1) is 0 Å². The third-order valence-corrected chi connectivity index (χ3v) is 4.75. The number of nitrogens with zero attached hydrogens (tertiary/aromatic N) is 1. The number of rotatable bonds is 7. The number of hydrogen-bond donors (Lipinski definition) is 0. The van der Waals surface area contributed by atoms with Crippen LogP contribution in [0.4, 0.5) is 0 Å². The largest absolute Gasteiger partial charge is 0.313 e. The van der Waals surface area contributed by atoms with Gasteiger partial charge in [-0.05, 0) is 6.92 Å². The molecule has 0 saturated carbocycles. The van der Waals surface area contributed by atoms with Crippen LogP contribution in [-0.4, -0.2) is 11.0 Å². The zero-order chi connectivity index (χ0) is 16.7. The highest BCUT2D eigenvalue weighted by Crippen LogP contribution is 2.23. The van der Waals surface area contributed by atoms with Crippen molar-refractivity contribution in [2.75, 3.05) is 6.54 Å². The lowest BCUT2D eigenvalue weighted by Gasteiger charge is -2.38. The summed E-state index contributed by atoms with van der Waals surface area (Å²) >= 11 is 0. The molecule has 0 bridgehead atoms.